The molecule has 1 amide bonds. The Bertz CT molecular complexity index is 264. The summed E-state index contributed by atoms with van der Waals surface area (Å²) in [4.78, 5) is 12.1. The molecule has 0 aromatic carbocycles. The van der Waals surface area contributed by atoms with Crippen LogP contribution in [0.25, 0.3) is 0 Å². The molecule has 98 valence electrons. The van der Waals surface area contributed by atoms with Crippen LogP contribution in [-0.2, 0) is 9.53 Å². The van der Waals surface area contributed by atoms with E-state index in [1.165, 1.54) is 0 Å². The first kappa shape index (κ1) is 12.8. The van der Waals surface area contributed by atoms with E-state index in [1.54, 1.807) is 0 Å². The Labute approximate surface area is 103 Å². The molecule has 1 aliphatic heterocycles. The van der Waals surface area contributed by atoms with E-state index < -0.39 is 0 Å². The van der Waals surface area contributed by atoms with Crippen LogP contribution in [0.1, 0.15) is 39.0 Å². The second kappa shape index (κ2) is 5.83. The first-order valence-electron chi connectivity index (χ1n) is 6.80. The molecule has 1 heterocycles. The van der Waals surface area contributed by atoms with Crippen molar-refractivity contribution in [1.29, 1.82) is 0 Å². The van der Waals surface area contributed by atoms with Crippen LogP contribution in [0.4, 0.5) is 0 Å². The van der Waals surface area contributed by atoms with Crippen molar-refractivity contribution in [3.63, 3.8) is 0 Å². The van der Waals surface area contributed by atoms with Crippen LogP contribution < -0.4 is 11.1 Å². The second-order valence-corrected chi connectivity index (χ2v) is 5.57. The predicted molar refractivity (Wildman–Crippen MR) is 66.5 cm³/mol. The molecule has 1 aliphatic carbocycles. The summed E-state index contributed by atoms with van der Waals surface area (Å²) in [6.07, 6.45) is 4.97. The highest BCUT2D eigenvalue weighted by molar-refractivity contribution is 5.79. The number of nitrogens with two attached hydrogens (primary N) is 1. The fourth-order valence-electron chi connectivity index (χ4n) is 2.77. The summed E-state index contributed by atoms with van der Waals surface area (Å²) < 4.78 is 5.37. The second-order valence-electron chi connectivity index (χ2n) is 5.57. The third-order valence-electron chi connectivity index (χ3n) is 4.14. The van der Waals surface area contributed by atoms with E-state index in [2.05, 4.69) is 12.2 Å². The van der Waals surface area contributed by atoms with Gasteiger partial charge in [0.05, 0.1) is 12.6 Å². The zero-order valence-electron chi connectivity index (χ0n) is 10.7. The lowest BCUT2D eigenvalue weighted by Crippen LogP contribution is -2.46. The SMILES string of the molecule is CC1CCC(C(=O)NC2CCCOC2)CC1N. The summed E-state index contributed by atoms with van der Waals surface area (Å²) >= 11 is 0. The van der Waals surface area contributed by atoms with Gasteiger partial charge in [-0.3, -0.25) is 4.79 Å². The van der Waals surface area contributed by atoms with Gasteiger partial charge in [0.25, 0.3) is 0 Å². The van der Waals surface area contributed by atoms with Gasteiger partial charge in [-0.05, 0) is 38.0 Å². The molecular weight excluding hydrogens is 216 g/mol. The average Bonchev–Trinajstić information content (AvgIpc) is 2.34. The third kappa shape index (κ3) is 3.42. The van der Waals surface area contributed by atoms with Crippen LogP contribution in [0.15, 0.2) is 0 Å². The smallest absolute Gasteiger partial charge is 0.223 e. The minimum atomic E-state index is 0.114. The zero-order valence-corrected chi connectivity index (χ0v) is 10.7. The van der Waals surface area contributed by atoms with E-state index in [0.717, 1.165) is 38.7 Å². The molecule has 0 bridgehead atoms. The highest BCUT2D eigenvalue weighted by Crippen LogP contribution is 2.27. The number of amides is 1. The number of ether oxygens (including phenoxy) is 1. The van der Waals surface area contributed by atoms with Gasteiger partial charge in [0.2, 0.25) is 5.91 Å². The third-order valence-corrected chi connectivity index (χ3v) is 4.14. The summed E-state index contributed by atoms with van der Waals surface area (Å²) in [7, 11) is 0. The van der Waals surface area contributed by atoms with Crippen LogP contribution in [0.5, 0.6) is 0 Å². The predicted octanol–water partition coefficient (Wildman–Crippen LogP) is 1.05. The first-order valence-corrected chi connectivity index (χ1v) is 6.80. The van der Waals surface area contributed by atoms with Gasteiger partial charge < -0.3 is 15.8 Å². The van der Waals surface area contributed by atoms with E-state index in [-0.39, 0.29) is 23.9 Å². The summed E-state index contributed by atoms with van der Waals surface area (Å²) in [5.41, 5.74) is 6.03. The van der Waals surface area contributed by atoms with Gasteiger partial charge in [0.1, 0.15) is 0 Å². The maximum Gasteiger partial charge on any atom is 0.223 e. The number of hydrogen-bond donors (Lipinski definition) is 2. The maximum absolute atomic E-state index is 12.1. The minimum absolute atomic E-state index is 0.114. The standard InChI is InChI=1S/C13H24N2O2/c1-9-4-5-10(7-12(9)14)13(16)15-11-3-2-6-17-8-11/h9-12H,2-8,14H2,1H3,(H,15,16). The van der Waals surface area contributed by atoms with Gasteiger partial charge in [-0.15, -0.1) is 0 Å². The van der Waals surface area contributed by atoms with Crippen LogP contribution in [0.2, 0.25) is 0 Å². The largest absolute Gasteiger partial charge is 0.379 e. The molecule has 17 heavy (non-hydrogen) atoms. The molecule has 0 aromatic heterocycles. The molecular formula is C13H24N2O2. The zero-order chi connectivity index (χ0) is 12.3. The van der Waals surface area contributed by atoms with E-state index >= 15 is 0 Å². The van der Waals surface area contributed by atoms with E-state index in [9.17, 15) is 4.79 Å². The molecule has 2 rings (SSSR count). The van der Waals surface area contributed by atoms with Crippen LogP contribution >= 0.6 is 0 Å². The molecule has 2 aliphatic rings. The fourth-order valence-corrected chi connectivity index (χ4v) is 2.77. The molecule has 4 nitrogen and oxygen atoms in total. The molecule has 4 unspecified atom stereocenters. The Morgan fingerprint density at radius 2 is 2.18 bits per heavy atom. The Hall–Kier alpha value is -0.610. The number of carbonyl (C=O) groups is 1. The highest BCUT2D eigenvalue weighted by Gasteiger charge is 2.30. The Morgan fingerprint density at radius 1 is 1.35 bits per heavy atom. The van der Waals surface area contributed by atoms with Crippen LogP contribution in [-0.4, -0.2) is 31.2 Å². The summed E-state index contributed by atoms with van der Waals surface area (Å²) in [6.45, 7) is 3.67. The van der Waals surface area contributed by atoms with Crippen molar-refractivity contribution in [2.24, 2.45) is 17.6 Å². The number of nitrogens with one attached hydrogen (secondary N) is 1. The molecule has 1 saturated carbocycles. The first-order chi connectivity index (χ1) is 8.16. The average molecular weight is 240 g/mol. The van der Waals surface area contributed by atoms with E-state index in [1.807, 2.05) is 0 Å². The molecule has 4 heteroatoms. The van der Waals surface area contributed by atoms with Gasteiger partial charge >= 0.3 is 0 Å². The molecule has 0 radical (unpaired) electrons. The van der Waals surface area contributed by atoms with Crippen LogP contribution in [0.3, 0.4) is 0 Å². The van der Waals surface area contributed by atoms with Crippen LogP contribution in [0, 0.1) is 11.8 Å². The topological polar surface area (TPSA) is 64.3 Å². The van der Waals surface area contributed by atoms with Gasteiger partial charge in [0, 0.05) is 18.6 Å². The lowest BCUT2D eigenvalue weighted by molar-refractivity contribution is -0.128. The normalized spacial score (nSPS) is 38.7. The molecule has 2 fully saturated rings. The Morgan fingerprint density at radius 3 is 2.82 bits per heavy atom. The van der Waals surface area contributed by atoms with Crippen molar-refractivity contribution in [3.05, 3.63) is 0 Å². The summed E-state index contributed by atoms with van der Waals surface area (Å²) in [5.74, 6) is 0.850. The molecule has 4 atom stereocenters. The van der Waals surface area contributed by atoms with Gasteiger partial charge in [-0.1, -0.05) is 6.92 Å². The fraction of sp³-hybridized carbons (Fsp3) is 0.923. The van der Waals surface area contributed by atoms with E-state index in [0.29, 0.717) is 12.5 Å². The van der Waals surface area contributed by atoms with Crippen molar-refractivity contribution in [1.82, 2.24) is 5.32 Å². The van der Waals surface area contributed by atoms with Crippen molar-refractivity contribution in [2.45, 2.75) is 51.1 Å². The molecule has 0 spiro atoms. The number of rotatable bonds is 2. The van der Waals surface area contributed by atoms with Gasteiger partial charge in [0.15, 0.2) is 0 Å². The van der Waals surface area contributed by atoms with Crippen molar-refractivity contribution >= 4 is 5.91 Å². The van der Waals surface area contributed by atoms with Crippen molar-refractivity contribution in [3.8, 4) is 0 Å². The van der Waals surface area contributed by atoms with Crippen molar-refractivity contribution in [2.75, 3.05) is 13.2 Å². The number of carbonyl (C=O) groups excluding carboxylic acids is 1. The highest BCUT2D eigenvalue weighted by atomic mass is 16.5. The minimum Gasteiger partial charge on any atom is -0.379 e. The summed E-state index contributed by atoms with van der Waals surface area (Å²) in [6, 6.07) is 0.397. The van der Waals surface area contributed by atoms with E-state index in [4.69, 9.17) is 10.5 Å². The monoisotopic (exact) mass is 240 g/mol. The quantitative estimate of drug-likeness (QED) is 0.758. The molecule has 1 saturated heterocycles. The van der Waals surface area contributed by atoms with Gasteiger partial charge in [-0.25, -0.2) is 0 Å². The van der Waals surface area contributed by atoms with Gasteiger partial charge in [-0.2, -0.15) is 0 Å². The molecule has 0 aromatic rings. The lowest BCUT2D eigenvalue weighted by Gasteiger charge is -2.32. The Balaban J connectivity index is 1.79. The van der Waals surface area contributed by atoms with Crippen molar-refractivity contribution < 1.29 is 9.53 Å². The number of hydrogen-bond acceptors (Lipinski definition) is 3. The molecule has 3 N–H and O–H groups in total. The maximum atomic E-state index is 12.1. The summed E-state index contributed by atoms with van der Waals surface area (Å²) in [5, 5.41) is 3.10. The Kier molecular flexibility index (Phi) is 4.40. The lowest BCUT2D eigenvalue weighted by atomic mass is 9.79.